The molecule has 0 fully saturated rings. The van der Waals surface area contributed by atoms with Crippen LogP contribution in [0.1, 0.15) is 5.56 Å². The molecule has 1 aromatic heterocycles. The van der Waals surface area contributed by atoms with Crippen LogP contribution in [0.25, 0.3) is 0 Å². The Kier molecular flexibility index (Phi) is 3.56. The molecule has 0 atom stereocenters. The van der Waals surface area contributed by atoms with Crippen LogP contribution in [-0.4, -0.2) is 23.7 Å². The van der Waals surface area contributed by atoms with E-state index in [1.807, 2.05) is 41.4 Å². The predicted molar refractivity (Wildman–Crippen MR) is 75.0 cm³/mol. The Morgan fingerprint density at radius 3 is 2.90 bits per heavy atom. The molecule has 5 nitrogen and oxygen atoms in total. The minimum Gasteiger partial charge on any atom is -0.486 e. The first-order valence-corrected chi connectivity index (χ1v) is 7.16. The summed E-state index contributed by atoms with van der Waals surface area (Å²) in [7, 11) is 1.87. The van der Waals surface area contributed by atoms with E-state index in [0.29, 0.717) is 23.8 Å². The molecule has 0 saturated carbocycles. The number of hydrogen-bond acceptors (Lipinski definition) is 4. The summed E-state index contributed by atoms with van der Waals surface area (Å²) in [6.45, 7) is 1.11. The van der Waals surface area contributed by atoms with E-state index in [1.165, 1.54) is 11.3 Å². The number of aryl methyl sites for hydroxylation is 1. The summed E-state index contributed by atoms with van der Waals surface area (Å²) < 4.78 is 12.8. The number of amides is 1. The minimum atomic E-state index is -0.167. The lowest BCUT2D eigenvalue weighted by molar-refractivity contribution is -0.117. The van der Waals surface area contributed by atoms with Crippen molar-refractivity contribution >= 4 is 17.2 Å². The van der Waals surface area contributed by atoms with Crippen LogP contribution >= 0.6 is 11.3 Å². The van der Waals surface area contributed by atoms with Gasteiger partial charge in [0.25, 0.3) is 5.91 Å². The summed E-state index contributed by atoms with van der Waals surface area (Å²) in [6, 6.07) is 5.55. The summed E-state index contributed by atoms with van der Waals surface area (Å²) >= 11 is 1.44. The average molecular weight is 290 g/mol. The molecule has 1 amide bonds. The fourth-order valence-electron chi connectivity index (χ4n) is 1.95. The third kappa shape index (κ3) is 2.75. The molecule has 0 unspecified atom stereocenters. The Morgan fingerprint density at radius 1 is 1.35 bits per heavy atom. The van der Waals surface area contributed by atoms with Crippen molar-refractivity contribution in [3.05, 3.63) is 40.1 Å². The average Bonchev–Trinajstić information content (AvgIpc) is 2.84. The zero-order chi connectivity index (χ0) is 13.9. The van der Waals surface area contributed by atoms with E-state index in [1.54, 1.807) is 0 Å². The van der Waals surface area contributed by atoms with Crippen molar-refractivity contribution in [2.45, 2.75) is 6.42 Å². The lowest BCUT2D eigenvalue weighted by Gasteiger charge is -2.18. The van der Waals surface area contributed by atoms with Crippen LogP contribution in [0.2, 0.25) is 0 Å². The van der Waals surface area contributed by atoms with Gasteiger partial charge in [-0.2, -0.15) is 4.99 Å². The Balaban J connectivity index is 1.78. The number of ether oxygens (including phenoxy) is 2. The quantitative estimate of drug-likeness (QED) is 0.843. The zero-order valence-electron chi connectivity index (χ0n) is 11.0. The van der Waals surface area contributed by atoms with E-state index < -0.39 is 0 Å². The maximum absolute atomic E-state index is 12.0. The lowest BCUT2D eigenvalue weighted by atomic mass is 10.1. The van der Waals surface area contributed by atoms with Crippen molar-refractivity contribution in [1.29, 1.82) is 0 Å². The van der Waals surface area contributed by atoms with Gasteiger partial charge in [0, 0.05) is 18.6 Å². The number of nitrogens with zero attached hydrogens (tertiary/aromatic N) is 2. The molecule has 0 radical (unpaired) electrons. The topological polar surface area (TPSA) is 52.8 Å². The van der Waals surface area contributed by atoms with Crippen LogP contribution in [0.3, 0.4) is 0 Å². The van der Waals surface area contributed by atoms with Gasteiger partial charge in [-0.05, 0) is 17.7 Å². The van der Waals surface area contributed by atoms with Crippen molar-refractivity contribution in [2.75, 3.05) is 13.2 Å². The van der Waals surface area contributed by atoms with Gasteiger partial charge in [0.15, 0.2) is 16.3 Å². The molecular weight excluding hydrogens is 276 g/mol. The Labute approximate surface area is 120 Å². The number of benzene rings is 1. The predicted octanol–water partition coefficient (Wildman–Crippen LogP) is 1.53. The van der Waals surface area contributed by atoms with Crippen molar-refractivity contribution in [2.24, 2.45) is 12.0 Å². The van der Waals surface area contributed by atoms with Gasteiger partial charge in [0.2, 0.25) is 0 Å². The summed E-state index contributed by atoms with van der Waals surface area (Å²) in [5, 5.41) is 1.90. The van der Waals surface area contributed by atoms with Crippen LogP contribution in [0.5, 0.6) is 11.5 Å². The minimum absolute atomic E-state index is 0.167. The molecule has 0 N–H and O–H groups in total. The molecule has 3 rings (SSSR count). The van der Waals surface area contributed by atoms with Crippen molar-refractivity contribution in [3.8, 4) is 11.5 Å². The smallest absolute Gasteiger partial charge is 0.252 e. The number of rotatable bonds is 2. The van der Waals surface area contributed by atoms with Gasteiger partial charge in [-0.15, -0.1) is 11.3 Å². The maximum Gasteiger partial charge on any atom is 0.252 e. The molecule has 1 aromatic carbocycles. The number of carbonyl (C=O) groups excluding carboxylic acids is 1. The second-order valence-electron chi connectivity index (χ2n) is 4.46. The van der Waals surface area contributed by atoms with E-state index in [4.69, 9.17) is 9.47 Å². The number of hydrogen-bond donors (Lipinski definition) is 0. The summed E-state index contributed by atoms with van der Waals surface area (Å²) in [5.41, 5.74) is 0.877. The van der Waals surface area contributed by atoms with Gasteiger partial charge in [0.05, 0.1) is 6.42 Å². The number of aromatic nitrogens is 1. The SMILES string of the molecule is Cn1ccsc1=NC(=O)Cc1ccc2c(c1)OCCO2. The van der Waals surface area contributed by atoms with E-state index in [9.17, 15) is 4.79 Å². The van der Waals surface area contributed by atoms with E-state index in [0.717, 1.165) is 11.3 Å². The molecule has 0 spiro atoms. The van der Waals surface area contributed by atoms with Gasteiger partial charge in [-0.25, -0.2) is 0 Å². The zero-order valence-corrected chi connectivity index (χ0v) is 11.9. The van der Waals surface area contributed by atoms with Gasteiger partial charge < -0.3 is 14.0 Å². The van der Waals surface area contributed by atoms with E-state index >= 15 is 0 Å². The van der Waals surface area contributed by atoms with Crippen molar-refractivity contribution in [3.63, 3.8) is 0 Å². The molecule has 104 valence electrons. The van der Waals surface area contributed by atoms with Crippen LogP contribution in [0, 0.1) is 0 Å². The van der Waals surface area contributed by atoms with Crippen LogP contribution in [0.4, 0.5) is 0 Å². The van der Waals surface area contributed by atoms with Gasteiger partial charge in [0.1, 0.15) is 13.2 Å². The molecule has 0 saturated heterocycles. The van der Waals surface area contributed by atoms with Crippen LogP contribution in [-0.2, 0) is 18.3 Å². The highest BCUT2D eigenvalue weighted by Crippen LogP contribution is 2.30. The Hall–Kier alpha value is -2.08. The molecular formula is C14H14N2O3S. The van der Waals surface area contributed by atoms with Gasteiger partial charge >= 0.3 is 0 Å². The molecule has 1 aliphatic rings. The molecule has 2 aromatic rings. The van der Waals surface area contributed by atoms with Crippen molar-refractivity contribution in [1.82, 2.24) is 4.57 Å². The fourth-order valence-corrected chi connectivity index (χ4v) is 2.70. The summed E-state index contributed by atoms with van der Waals surface area (Å²) in [5.74, 6) is 1.26. The molecule has 6 heteroatoms. The van der Waals surface area contributed by atoms with Crippen LogP contribution in [0.15, 0.2) is 34.8 Å². The fraction of sp³-hybridized carbons (Fsp3) is 0.286. The highest BCUT2D eigenvalue weighted by atomic mass is 32.1. The molecule has 20 heavy (non-hydrogen) atoms. The molecule has 2 heterocycles. The second-order valence-corrected chi connectivity index (χ2v) is 5.33. The summed E-state index contributed by atoms with van der Waals surface area (Å²) in [6.07, 6.45) is 2.13. The number of carbonyl (C=O) groups is 1. The third-order valence-electron chi connectivity index (χ3n) is 2.94. The Morgan fingerprint density at radius 2 is 2.15 bits per heavy atom. The molecule has 0 aliphatic carbocycles. The van der Waals surface area contributed by atoms with Gasteiger partial charge in [-0.3, -0.25) is 4.79 Å². The van der Waals surface area contributed by atoms with Gasteiger partial charge in [-0.1, -0.05) is 6.07 Å². The monoisotopic (exact) mass is 290 g/mol. The highest BCUT2D eigenvalue weighted by molar-refractivity contribution is 7.07. The highest BCUT2D eigenvalue weighted by Gasteiger charge is 2.12. The Bertz CT molecular complexity index is 702. The van der Waals surface area contributed by atoms with E-state index in [-0.39, 0.29) is 12.3 Å². The lowest BCUT2D eigenvalue weighted by Crippen LogP contribution is -2.16. The van der Waals surface area contributed by atoms with Crippen molar-refractivity contribution < 1.29 is 14.3 Å². The molecule has 0 bridgehead atoms. The van der Waals surface area contributed by atoms with E-state index in [2.05, 4.69) is 4.99 Å². The standard InChI is InChI=1S/C14H14N2O3S/c1-16-4-7-20-14(16)15-13(17)9-10-2-3-11-12(8-10)19-6-5-18-11/h2-4,7-8H,5-6,9H2,1H3. The molecule has 1 aliphatic heterocycles. The number of thiazole rings is 1. The second kappa shape index (κ2) is 5.50. The number of fused-ring (bicyclic) bond motifs is 1. The summed E-state index contributed by atoms with van der Waals surface area (Å²) in [4.78, 5) is 16.8. The van der Waals surface area contributed by atoms with Crippen LogP contribution < -0.4 is 14.3 Å². The maximum atomic E-state index is 12.0. The largest absolute Gasteiger partial charge is 0.486 e. The normalized spacial score (nSPS) is 14.3. The first kappa shape index (κ1) is 12.9. The first-order chi connectivity index (χ1) is 9.72. The third-order valence-corrected chi connectivity index (χ3v) is 3.79. The first-order valence-electron chi connectivity index (χ1n) is 6.28.